The van der Waals surface area contributed by atoms with Gasteiger partial charge in [-0.25, -0.2) is 9.97 Å². The van der Waals surface area contributed by atoms with Crippen LogP contribution in [0.25, 0.3) is 22.6 Å². The summed E-state index contributed by atoms with van der Waals surface area (Å²) < 4.78 is 0. The van der Waals surface area contributed by atoms with E-state index < -0.39 is 0 Å². The van der Waals surface area contributed by atoms with Crippen LogP contribution in [0.1, 0.15) is 0 Å². The second-order valence-electron chi connectivity index (χ2n) is 4.46. The molecular formula is C13H13N5O. The van der Waals surface area contributed by atoms with E-state index in [1.54, 1.807) is 12.3 Å². The molecule has 0 bridgehead atoms. The molecule has 0 saturated carbocycles. The Hall–Kier alpha value is -2.63. The normalized spacial score (nSPS) is 10.8. The number of imidazole rings is 1. The van der Waals surface area contributed by atoms with Gasteiger partial charge in [0.1, 0.15) is 11.6 Å². The van der Waals surface area contributed by atoms with Crippen molar-refractivity contribution < 1.29 is 0 Å². The average molecular weight is 255 g/mol. The van der Waals surface area contributed by atoms with Gasteiger partial charge in [0.25, 0.3) is 0 Å². The highest BCUT2D eigenvalue weighted by molar-refractivity contribution is 5.77. The third kappa shape index (κ3) is 2.08. The predicted molar refractivity (Wildman–Crippen MR) is 74.3 cm³/mol. The Kier molecular flexibility index (Phi) is 2.56. The number of rotatable bonds is 2. The fourth-order valence-corrected chi connectivity index (χ4v) is 1.83. The lowest BCUT2D eigenvalue weighted by Gasteiger charge is -2.09. The molecule has 3 rings (SSSR count). The van der Waals surface area contributed by atoms with Crippen LogP contribution in [-0.2, 0) is 0 Å². The second kappa shape index (κ2) is 4.24. The molecule has 2 N–H and O–H groups in total. The summed E-state index contributed by atoms with van der Waals surface area (Å²) >= 11 is 0. The Morgan fingerprint density at radius 1 is 1.11 bits per heavy atom. The summed E-state index contributed by atoms with van der Waals surface area (Å²) in [5.74, 6) is 1.54. The van der Waals surface area contributed by atoms with Gasteiger partial charge in [-0.15, -0.1) is 0 Å². The molecule has 6 nitrogen and oxygen atoms in total. The minimum Gasteiger partial charge on any atom is -0.363 e. The van der Waals surface area contributed by atoms with Gasteiger partial charge in [-0.05, 0) is 18.2 Å². The number of hydrogen-bond acceptors (Lipinski definition) is 4. The Morgan fingerprint density at radius 3 is 2.63 bits per heavy atom. The first-order valence-corrected chi connectivity index (χ1v) is 5.87. The third-order valence-electron chi connectivity index (χ3n) is 2.85. The van der Waals surface area contributed by atoms with Crippen LogP contribution in [0.4, 0.5) is 5.82 Å². The van der Waals surface area contributed by atoms with Gasteiger partial charge < -0.3 is 14.9 Å². The zero-order valence-electron chi connectivity index (χ0n) is 10.6. The monoisotopic (exact) mass is 255 g/mol. The lowest BCUT2D eigenvalue weighted by Crippen LogP contribution is -2.10. The van der Waals surface area contributed by atoms with Crippen molar-refractivity contribution in [3.63, 3.8) is 0 Å². The molecule has 3 heterocycles. The zero-order valence-corrected chi connectivity index (χ0v) is 10.6. The number of pyridine rings is 2. The van der Waals surface area contributed by atoms with E-state index in [4.69, 9.17) is 0 Å². The van der Waals surface area contributed by atoms with Crippen molar-refractivity contribution in [2.45, 2.75) is 0 Å². The summed E-state index contributed by atoms with van der Waals surface area (Å²) in [7, 11) is 3.87. The first-order valence-electron chi connectivity index (χ1n) is 5.87. The van der Waals surface area contributed by atoms with Gasteiger partial charge >= 0.3 is 0 Å². The molecule has 0 amide bonds. The zero-order chi connectivity index (χ0) is 13.4. The summed E-state index contributed by atoms with van der Waals surface area (Å²) in [6, 6.07) is 7.07. The predicted octanol–water partition coefficient (Wildman–Crippen LogP) is 1.38. The van der Waals surface area contributed by atoms with Crippen LogP contribution < -0.4 is 10.5 Å². The van der Waals surface area contributed by atoms with Crippen LogP contribution in [0.5, 0.6) is 0 Å². The standard InChI is InChI=1S/C13H13N5O/c1-18(2)10-5-4-9-13(16-10)17-12(15-9)8-3-6-11(19)14-7-8/h3-7H,1-2H3,(H,14,19)(H,15,16,17). The summed E-state index contributed by atoms with van der Waals surface area (Å²) in [5.41, 5.74) is 2.22. The average Bonchev–Trinajstić information content (AvgIpc) is 2.82. The van der Waals surface area contributed by atoms with E-state index in [9.17, 15) is 4.79 Å². The van der Waals surface area contributed by atoms with Crippen LogP contribution in [-0.4, -0.2) is 34.0 Å². The van der Waals surface area contributed by atoms with Crippen molar-refractivity contribution in [1.82, 2.24) is 19.9 Å². The summed E-state index contributed by atoms with van der Waals surface area (Å²) in [6.07, 6.45) is 1.63. The number of hydrogen-bond donors (Lipinski definition) is 2. The number of nitrogens with one attached hydrogen (secondary N) is 2. The maximum Gasteiger partial charge on any atom is 0.247 e. The van der Waals surface area contributed by atoms with Crippen molar-refractivity contribution in [3.8, 4) is 11.4 Å². The molecule has 0 aliphatic carbocycles. The molecule has 0 fully saturated rings. The van der Waals surface area contributed by atoms with E-state index in [1.807, 2.05) is 31.1 Å². The number of fused-ring (bicyclic) bond motifs is 1. The van der Waals surface area contributed by atoms with Crippen molar-refractivity contribution in [1.29, 1.82) is 0 Å². The topological polar surface area (TPSA) is 77.7 Å². The summed E-state index contributed by atoms with van der Waals surface area (Å²) in [5, 5.41) is 0. The fraction of sp³-hybridized carbons (Fsp3) is 0.154. The van der Waals surface area contributed by atoms with Crippen molar-refractivity contribution in [2.24, 2.45) is 0 Å². The fourth-order valence-electron chi connectivity index (χ4n) is 1.83. The van der Waals surface area contributed by atoms with Gasteiger partial charge in [0.2, 0.25) is 5.56 Å². The van der Waals surface area contributed by atoms with Crippen LogP contribution in [0.15, 0.2) is 35.3 Å². The van der Waals surface area contributed by atoms with Gasteiger partial charge in [0, 0.05) is 31.9 Å². The number of aromatic amines is 2. The van der Waals surface area contributed by atoms with Crippen LogP contribution in [0, 0.1) is 0 Å². The molecule has 3 aromatic rings. The van der Waals surface area contributed by atoms with Gasteiger partial charge in [-0.2, -0.15) is 0 Å². The largest absolute Gasteiger partial charge is 0.363 e. The van der Waals surface area contributed by atoms with E-state index >= 15 is 0 Å². The lowest BCUT2D eigenvalue weighted by molar-refractivity contribution is 1.08. The van der Waals surface area contributed by atoms with Crippen molar-refractivity contribution >= 4 is 17.0 Å². The molecule has 0 unspecified atom stereocenters. The van der Waals surface area contributed by atoms with Gasteiger partial charge in [0.05, 0.1) is 5.52 Å². The first-order chi connectivity index (χ1) is 9.13. The van der Waals surface area contributed by atoms with E-state index in [1.165, 1.54) is 6.07 Å². The van der Waals surface area contributed by atoms with E-state index in [0.717, 1.165) is 16.9 Å². The summed E-state index contributed by atoms with van der Waals surface area (Å²) in [6.45, 7) is 0. The molecule has 19 heavy (non-hydrogen) atoms. The first kappa shape index (κ1) is 11.5. The smallest absolute Gasteiger partial charge is 0.247 e. The molecule has 0 aliphatic rings. The number of aromatic nitrogens is 4. The minimum atomic E-state index is -0.132. The van der Waals surface area contributed by atoms with Crippen molar-refractivity contribution in [3.05, 3.63) is 40.8 Å². The lowest BCUT2D eigenvalue weighted by atomic mass is 10.3. The number of nitrogens with zero attached hydrogens (tertiary/aromatic N) is 3. The Balaban J connectivity index is 2.11. The maximum atomic E-state index is 11.0. The molecule has 0 saturated heterocycles. The number of H-pyrrole nitrogens is 2. The Bertz CT molecular complexity index is 767. The van der Waals surface area contributed by atoms with Crippen LogP contribution in [0.2, 0.25) is 0 Å². The second-order valence-corrected chi connectivity index (χ2v) is 4.46. The third-order valence-corrected chi connectivity index (χ3v) is 2.85. The number of anilines is 1. The molecule has 0 atom stereocenters. The molecular weight excluding hydrogens is 242 g/mol. The highest BCUT2D eigenvalue weighted by atomic mass is 16.1. The van der Waals surface area contributed by atoms with Gasteiger partial charge in [-0.1, -0.05) is 0 Å². The molecule has 96 valence electrons. The van der Waals surface area contributed by atoms with Gasteiger partial charge in [-0.3, -0.25) is 4.79 Å². The summed E-state index contributed by atoms with van der Waals surface area (Å²) in [4.78, 5) is 27.7. The van der Waals surface area contributed by atoms with Crippen LogP contribution >= 0.6 is 0 Å². The molecule has 6 heteroatoms. The molecule has 3 aromatic heterocycles. The quantitative estimate of drug-likeness (QED) is 0.725. The van der Waals surface area contributed by atoms with Gasteiger partial charge in [0.15, 0.2) is 5.65 Å². The van der Waals surface area contributed by atoms with E-state index in [-0.39, 0.29) is 5.56 Å². The van der Waals surface area contributed by atoms with Crippen LogP contribution in [0.3, 0.4) is 0 Å². The van der Waals surface area contributed by atoms with Crippen molar-refractivity contribution in [2.75, 3.05) is 19.0 Å². The highest BCUT2D eigenvalue weighted by Crippen LogP contribution is 2.19. The minimum absolute atomic E-state index is 0.132. The molecule has 0 radical (unpaired) electrons. The highest BCUT2D eigenvalue weighted by Gasteiger charge is 2.07. The Morgan fingerprint density at radius 2 is 1.95 bits per heavy atom. The molecule has 0 aromatic carbocycles. The van der Waals surface area contributed by atoms with E-state index in [2.05, 4.69) is 19.9 Å². The molecule has 0 aliphatic heterocycles. The molecule has 0 spiro atoms. The van der Waals surface area contributed by atoms with E-state index in [0.29, 0.717) is 11.5 Å². The SMILES string of the molecule is CN(C)c1ccc2[nH]c(-c3ccc(=O)[nH]c3)nc2n1. The Labute approximate surface area is 109 Å². The maximum absolute atomic E-state index is 11.0.